The molecule has 1 saturated heterocycles. The Morgan fingerprint density at radius 3 is 2.46 bits per heavy atom. The summed E-state index contributed by atoms with van der Waals surface area (Å²) in [6.45, 7) is 9.52. The molecule has 200 valence electrons. The molecule has 0 bridgehead atoms. The minimum absolute atomic E-state index is 0.112. The zero-order valence-corrected chi connectivity index (χ0v) is 21.9. The number of amidine groups is 1. The Balaban J connectivity index is 1.74. The smallest absolute Gasteiger partial charge is 0.270 e. The van der Waals surface area contributed by atoms with Gasteiger partial charge in [-0.3, -0.25) is 9.59 Å². The topological polar surface area (TPSA) is 141 Å². The maximum absolute atomic E-state index is 12.9. The van der Waals surface area contributed by atoms with Crippen LogP contribution < -0.4 is 27.4 Å². The van der Waals surface area contributed by atoms with Gasteiger partial charge in [-0.1, -0.05) is 32.1 Å². The Morgan fingerprint density at radius 2 is 1.86 bits per heavy atom. The van der Waals surface area contributed by atoms with Crippen LogP contribution in [-0.4, -0.2) is 66.7 Å². The van der Waals surface area contributed by atoms with Gasteiger partial charge in [0.15, 0.2) is 0 Å². The molecule has 2 aliphatic heterocycles. The van der Waals surface area contributed by atoms with Crippen LogP contribution in [0.2, 0.25) is 0 Å². The molecule has 0 unspecified atom stereocenters. The number of nitrogens with zero attached hydrogens (tertiary/aromatic N) is 3. The third kappa shape index (κ3) is 7.13. The van der Waals surface area contributed by atoms with Crippen LogP contribution in [0.4, 0.5) is 0 Å². The molecule has 0 radical (unpaired) electrons. The highest BCUT2D eigenvalue weighted by atomic mass is 16.2. The minimum atomic E-state index is -0.190. The van der Waals surface area contributed by atoms with Crippen molar-refractivity contribution in [1.82, 2.24) is 25.8 Å². The molecule has 37 heavy (non-hydrogen) atoms. The summed E-state index contributed by atoms with van der Waals surface area (Å²) in [7, 11) is 3.45. The summed E-state index contributed by atoms with van der Waals surface area (Å²) < 4.78 is 0. The van der Waals surface area contributed by atoms with Crippen molar-refractivity contribution in [3.63, 3.8) is 0 Å². The third-order valence-electron chi connectivity index (χ3n) is 6.66. The normalized spacial score (nSPS) is 21.8. The summed E-state index contributed by atoms with van der Waals surface area (Å²) in [5.74, 6) is 0.799. The highest BCUT2D eigenvalue weighted by Gasteiger charge is 2.37. The first-order valence-electron chi connectivity index (χ1n) is 12.8. The predicted octanol–water partition coefficient (Wildman–Crippen LogP) is 1.30. The van der Waals surface area contributed by atoms with Crippen molar-refractivity contribution >= 4 is 17.6 Å². The summed E-state index contributed by atoms with van der Waals surface area (Å²) in [6.07, 6.45) is 13.8. The van der Waals surface area contributed by atoms with Gasteiger partial charge in [-0.15, -0.1) is 0 Å². The van der Waals surface area contributed by atoms with Crippen LogP contribution in [0, 0.1) is 0 Å². The fourth-order valence-corrected chi connectivity index (χ4v) is 4.72. The zero-order valence-electron chi connectivity index (χ0n) is 21.9. The first kappa shape index (κ1) is 27.8. The molecular weight excluding hydrogens is 468 g/mol. The molecular formula is C27H40N8O2. The van der Waals surface area contributed by atoms with Crippen LogP contribution in [0.1, 0.15) is 38.5 Å². The molecule has 3 rings (SSSR count). The number of carbonyl (C=O) groups excluding carboxylic acids is 2. The van der Waals surface area contributed by atoms with Crippen molar-refractivity contribution < 1.29 is 9.59 Å². The summed E-state index contributed by atoms with van der Waals surface area (Å²) in [5, 5.41) is 9.27. The molecule has 0 aromatic rings. The van der Waals surface area contributed by atoms with Crippen molar-refractivity contribution in [2.75, 3.05) is 27.2 Å². The van der Waals surface area contributed by atoms with E-state index in [9.17, 15) is 9.59 Å². The average Bonchev–Trinajstić information content (AvgIpc) is 3.52. The molecule has 3 aliphatic rings. The van der Waals surface area contributed by atoms with Crippen LogP contribution in [0.5, 0.6) is 0 Å². The fourth-order valence-electron chi connectivity index (χ4n) is 4.72. The molecule has 7 N–H and O–H groups in total. The Hall–Kier alpha value is -3.79. The Bertz CT molecular complexity index is 1050. The second kappa shape index (κ2) is 13.0. The predicted molar refractivity (Wildman–Crippen MR) is 147 cm³/mol. The van der Waals surface area contributed by atoms with E-state index in [1.807, 2.05) is 4.90 Å². The van der Waals surface area contributed by atoms with E-state index in [1.165, 1.54) is 12.3 Å². The van der Waals surface area contributed by atoms with E-state index in [0.717, 1.165) is 51.6 Å². The van der Waals surface area contributed by atoms with Gasteiger partial charge in [0, 0.05) is 43.5 Å². The number of hydrogen-bond donors (Lipinski definition) is 5. The molecule has 1 saturated carbocycles. The summed E-state index contributed by atoms with van der Waals surface area (Å²) in [5.41, 5.74) is 13.7. The number of allylic oxidation sites excluding steroid dienone is 2. The first-order chi connectivity index (χ1) is 17.7. The van der Waals surface area contributed by atoms with Gasteiger partial charge in [0.25, 0.3) is 11.8 Å². The molecule has 0 aromatic heterocycles. The van der Waals surface area contributed by atoms with E-state index < -0.39 is 0 Å². The van der Waals surface area contributed by atoms with Crippen LogP contribution in [0.15, 0.2) is 77.1 Å². The SMILES string of the molecule is C=C/C(=C\C=C(/N)NC(=C)/N=C1\C(=C/N)C=C(C(=O)N(C)C)N1C1CCCC1)C(=O)NC1CCNCC1. The van der Waals surface area contributed by atoms with Crippen LogP contribution in [0.25, 0.3) is 0 Å². The molecule has 2 amide bonds. The second-order valence-corrected chi connectivity index (χ2v) is 9.61. The molecule has 1 aliphatic carbocycles. The van der Waals surface area contributed by atoms with Crippen LogP contribution in [-0.2, 0) is 9.59 Å². The van der Waals surface area contributed by atoms with Crippen LogP contribution >= 0.6 is 0 Å². The molecule has 2 fully saturated rings. The van der Waals surface area contributed by atoms with Crippen molar-refractivity contribution in [3.05, 3.63) is 72.1 Å². The largest absolute Gasteiger partial charge is 0.404 e. The lowest BCUT2D eigenvalue weighted by Crippen LogP contribution is -2.43. The van der Waals surface area contributed by atoms with E-state index in [4.69, 9.17) is 11.5 Å². The van der Waals surface area contributed by atoms with Gasteiger partial charge >= 0.3 is 0 Å². The van der Waals surface area contributed by atoms with E-state index >= 15 is 0 Å². The molecule has 10 nitrogen and oxygen atoms in total. The Morgan fingerprint density at radius 1 is 1.19 bits per heavy atom. The highest BCUT2D eigenvalue weighted by molar-refractivity contribution is 6.12. The minimum Gasteiger partial charge on any atom is -0.404 e. The number of aliphatic imine (C=N–C) groups is 1. The summed E-state index contributed by atoms with van der Waals surface area (Å²) in [6, 6.07) is 0.299. The van der Waals surface area contributed by atoms with Gasteiger partial charge in [0.2, 0.25) is 0 Å². The maximum Gasteiger partial charge on any atom is 0.270 e. The first-order valence-corrected chi connectivity index (χ1v) is 12.8. The zero-order chi connectivity index (χ0) is 26.9. The lowest BCUT2D eigenvalue weighted by atomic mass is 10.1. The van der Waals surface area contributed by atoms with E-state index in [-0.39, 0.29) is 35.5 Å². The maximum atomic E-state index is 12.9. The van der Waals surface area contributed by atoms with Gasteiger partial charge < -0.3 is 37.2 Å². The number of piperidine rings is 1. The second-order valence-electron chi connectivity index (χ2n) is 9.61. The number of nitrogens with two attached hydrogens (primary N) is 2. The van der Waals surface area contributed by atoms with Gasteiger partial charge in [-0.2, -0.15) is 0 Å². The average molecular weight is 509 g/mol. The van der Waals surface area contributed by atoms with Gasteiger partial charge in [-0.25, -0.2) is 4.99 Å². The van der Waals surface area contributed by atoms with E-state index in [2.05, 4.69) is 34.1 Å². The number of likely N-dealkylation sites (N-methyl/N-ethyl adjacent to an activating group) is 1. The molecule has 0 spiro atoms. The lowest BCUT2D eigenvalue weighted by molar-refractivity contribution is -0.126. The fraction of sp³-hybridized carbons (Fsp3) is 0.444. The number of rotatable bonds is 9. The van der Waals surface area contributed by atoms with Gasteiger partial charge in [0.05, 0.1) is 0 Å². The molecule has 0 atom stereocenters. The van der Waals surface area contributed by atoms with E-state index in [0.29, 0.717) is 22.7 Å². The Labute approximate surface area is 219 Å². The molecule has 2 heterocycles. The van der Waals surface area contributed by atoms with Crippen molar-refractivity contribution in [3.8, 4) is 0 Å². The number of nitrogens with one attached hydrogen (secondary N) is 3. The third-order valence-corrected chi connectivity index (χ3v) is 6.66. The lowest BCUT2D eigenvalue weighted by Gasteiger charge is -2.30. The molecule has 0 aromatic carbocycles. The van der Waals surface area contributed by atoms with Crippen LogP contribution in [0.3, 0.4) is 0 Å². The number of carbonyl (C=O) groups is 2. The van der Waals surface area contributed by atoms with Gasteiger partial charge in [0.1, 0.15) is 23.2 Å². The van der Waals surface area contributed by atoms with Gasteiger partial charge in [-0.05, 0) is 57.0 Å². The van der Waals surface area contributed by atoms with Crippen molar-refractivity contribution in [1.29, 1.82) is 0 Å². The number of hydrogen-bond acceptors (Lipinski definition) is 7. The highest BCUT2D eigenvalue weighted by Crippen LogP contribution is 2.33. The quantitative estimate of drug-likeness (QED) is 0.233. The Kier molecular flexibility index (Phi) is 9.73. The monoisotopic (exact) mass is 508 g/mol. The number of amides is 2. The summed E-state index contributed by atoms with van der Waals surface area (Å²) >= 11 is 0. The standard InChI is InChI=1S/C27H40N8O2/c1-5-19(26(36)33-21-12-14-30-15-13-21)10-11-24(29)31-18(2)32-25-20(17-28)16-23(27(37)34(3)4)35(25)22-8-6-7-9-22/h5,10-11,16-17,21-22,30-31H,1-2,6-9,12-15,28-29H2,3-4H3,(H,33,36)/b19-10+,20-17-,24-11+,32-25+. The summed E-state index contributed by atoms with van der Waals surface area (Å²) in [4.78, 5) is 33.7. The molecule has 10 heteroatoms. The van der Waals surface area contributed by atoms with Crippen molar-refractivity contribution in [2.45, 2.75) is 50.6 Å². The van der Waals surface area contributed by atoms with E-state index in [1.54, 1.807) is 37.2 Å². The van der Waals surface area contributed by atoms with Crippen molar-refractivity contribution in [2.24, 2.45) is 16.5 Å².